The molecule has 0 amide bonds. The quantitative estimate of drug-likeness (QED) is 0.828. The minimum absolute atomic E-state index is 0.0549. The van der Waals surface area contributed by atoms with Crippen molar-refractivity contribution in [2.45, 2.75) is 25.6 Å². The van der Waals surface area contributed by atoms with Crippen molar-refractivity contribution in [3.8, 4) is 5.75 Å². The van der Waals surface area contributed by atoms with Crippen molar-refractivity contribution in [3.05, 3.63) is 52.6 Å². The smallest absolute Gasteiger partial charge is 0.333 e. The van der Waals surface area contributed by atoms with Crippen LogP contribution in [0.25, 0.3) is 10.8 Å². The number of phenols is 1. The van der Waals surface area contributed by atoms with Gasteiger partial charge in [-0.1, -0.05) is 24.3 Å². The molecule has 25 heavy (non-hydrogen) atoms. The van der Waals surface area contributed by atoms with Gasteiger partial charge in [0.05, 0.1) is 11.7 Å². The Labute approximate surface area is 142 Å². The van der Waals surface area contributed by atoms with E-state index >= 15 is 0 Å². The van der Waals surface area contributed by atoms with Gasteiger partial charge in [-0.05, 0) is 18.4 Å². The highest BCUT2D eigenvalue weighted by Crippen LogP contribution is 2.41. The van der Waals surface area contributed by atoms with Crippen LogP contribution in [0.1, 0.15) is 34.1 Å². The number of hydrogen-bond donors (Lipinski definition) is 2. The number of phenolic OH excluding ortho intramolecular Hbond substituents is 1. The van der Waals surface area contributed by atoms with Gasteiger partial charge in [0, 0.05) is 28.5 Å². The van der Waals surface area contributed by atoms with E-state index in [2.05, 4.69) is 0 Å². The molecule has 4 rings (SSSR count). The van der Waals surface area contributed by atoms with Crippen molar-refractivity contribution in [1.29, 1.82) is 0 Å². The highest BCUT2D eigenvalue weighted by Gasteiger charge is 2.43. The fourth-order valence-corrected chi connectivity index (χ4v) is 3.62. The molecular weight excluding hydrogens is 324 g/mol. The fourth-order valence-electron chi connectivity index (χ4n) is 3.62. The Kier molecular flexibility index (Phi) is 3.27. The van der Waals surface area contributed by atoms with Crippen molar-refractivity contribution in [3.63, 3.8) is 0 Å². The molecule has 0 spiro atoms. The molecule has 2 N–H and O–H groups in total. The molecule has 126 valence electrons. The van der Waals surface area contributed by atoms with Crippen LogP contribution in [0, 0.1) is 0 Å². The summed E-state index contributed by atoms with van der Waals surface area (Å²) in [5, 5.41) is 20.9. The summed E-state index contributed by atoms with van der Waals surface area (Å²) < 4.78 is 5.38. The number of rotatable bonds is 1. The van der Waals surface area contributed by atoms with E-state index in [1.807, 2.05) is 0 Å². The topological polar surface area (TPSA) is 101 Å². The van der Waals surface area contributed by atoms with Crippen LogP contribution in [0.15, 0.2) is 41.5 Å². The van der Waals surface area contributed by atoms with Gasteiger partial charge in [-0.3, -0.25) is 9.59 Å². The van der Waals surface area contributed by atoms with Crippen LogP contribution in [0.5, 0.6) is 5.75 Å². The summed E-state index contributed by atoms with van der Waals surface area (Å²) in [6, 6.07) is 8.50. The SMILES string of the molecule is CC1OC(C(=O)O)CC2=C1C(=O)c1cc3ccccc3c(O)c1C2=O. The minimum Gasteiger partial charge on any atom is -0.507 e. The lowest BCUT2D eigenvalue weighted by Gasteiger charge is -2.32. The van der Waals surface area contributed by atoms with Gasteiger partial charge < -0.3 is 14.9 Å². The summed E-state index contributed by atoms with van der Waals surface area (Å²) in [5.74, 6) is -2.34. The number of fused-ring (bicyclic) bond motifs is 2. The number of aliphatic carboxylic acids is 1. The first kappa shape index (κ1) is 15.5. The van der Waals surface area contributed by atoms with Crippen molar-refractivity contribution in [1.82, 2.24) is 0 Å². The first-order valence-electron chi connectivity index (χ1n) is 7.85. The number of aromatic hydroxyl groups is 1. The Balaban J connectivity index is 1.96. The van der Waals surface area contributed by atoms with Crippen LogP contribution in [0.4, 0.5) is 0 Å². The average Bonchev–Trinajstić information content (AvgIpc) is 2.59. The van der Waals surface area contributed by atoms with E-state index in [-0.39, 0.29) is 34.4 Å². The summed E-state index contributed by atoms with van der Waals surface area (Å²) >= 11 is 0. The third-order valence-corrected chi connectivity index (χ3v) is 4.78. The van der Waals surface area contributed by atoms with E-state index in [1.165, 1.54) is 0 Å². The Hall–Kier alpha value is -2.99. The molecule has 2 aromatic rings. The molecule has 0 saturated heterocycles. The van der Waals surface area contributed by atoms with E-state index in [4.69, 9.17) is 4.74 Å². The number of carboxylic acids is 1. The number of hydrogen-bond acceptors (Lipinski definition) is 5. The van der Waals surface area contributed by atoms with Gasteiger partial charge in [-0.2, -0.15) is 0 Å². The van der Waals surface area contributed by atoms with Gasteiger partial charge in [-0.15, -0.1) is 0 Å². The first-order chi connectivity index (χ1) is 11.9. The highest BCUT2D eigenvalue weighted by molar-refractivity contribution is 6.30. The number of ketones is 2. The predicted molar refractivity (Wildman–Crippen MR) is 87.9 cm³/mol. The van der Waals surface area contributed by atoms with Crippen LogP contribution in [0.3, 0.4) is 0 Å². The van der Waals surface area contributed by atoms with Gasteiger partial charge in [0.15, 0.2) is 17.7 Å². The fraction of sp³-hybridized carbons (Fsp3) is 0.211. The second-order valence-corrected chi connectivity index (χ2v) is 6.23. The van der Waals surface area contributed by atoms with Gasteiger partial charge in [0.1, 0.15) is 5.75 Å². The zero-order chi connectivity index (χ0) is 17.9. The maximum absolute atomic E-state index is 13.0. The van der Waals surface area contributed by atoms with Crippen molar-refractivity contribution in [2.24, 2.45) is 0 Å². The molecule has 0 bridgehead atoms. The molecule has 2 unspecified atom stereocenters. The number of carbonyl (C=O) groups is 3. The maximum Gasteiger partial charge on any atom is 0.333 e. The lowest BCUT2D eigenvalue weighted by atomic mass is 9.77. The Bertz CT molecular complexity index is 1000. The summed E-state index contributed by atoms with van der Waals surface area (Å²) in [5.41, 5.74) is 0.378. The Morgan fingerprint density at radius 3 is 2.64 bits per heavy atom. The minimum atomic E-state index is -1.19. The molecule has 6 nitrogen and oxygen atoms in total. The lowest BCUT2D eigenvalue weighted by molar-refractivity contribution is -0.153. The molecule has 2 aliphatic rings. The standard InChI is InChI=1S/C19H14O6/c1-8-14-12(7-13(25-8)19(23)24)18(22)15-11(17(14)21)6-9-4-2-3-5-10(9)16(15)20/h2-6,8,13,20H,7H2,1H3,(H,23,24). The Morgan fingerprint density at radius 1 is 1.20 bits per heavy atom. The number of Topliss-reactive ketones (excluding diaryl/α,β-unsaturated/α-hetero) is 2. The molecule has 1 heterocycles. The predicted octanol–water partition coefficient (Wildman–Crippen LogP) is 2.48. The van der Waals surface area contributed by atoms with Crippen LogP contribution in [-0.4, -0.2) is 40.0 Å². The first-order valence-corrected chi connectivity index (χ1v) is 7.85. The molecule has 0 radical (unpaired) electrons. The number of carbonyl (C=O) groups excluding carboxylic acids is 2. The van der Waals surface area contributed by atoms with Crippen molar-refractivity contribution >= 4 is 28.3 Å². The van der Waals surface area contributed by atoms with Crippen molar-refractivity contribution < 1.29 is 29.3 Å². The molecule has 1 aliphatic carbocycles. The van der Waals surface area contributed by atoms with E-state index in [0.29, 0.717) is 10.8 Å². The molecule has 2 aromatic carbocycles. The third-order valence-electron chi connectivity index (χ3n) is 4.78. The largest absolute Gasteiger partial charge is 0.507 e. The van der Waals surface area contributed by atoms with Crippen LogP contribution >= 0.6 is 0 Å². The zero-order valence-corrected chi connectivity index (χ0v) is 13.3. The van der Waals surface area contributed by atoms with Crippen LogP contribution < -0.4 is 0 Å². The van der Waals surface area contributed by atoms with Gasteiger partial charge >= 0.3 is 5.97 Å². The molecule has 0 saturated carbocycles. The number of carboxylic acid groups (broad SMARTS) is 1. The van der Waals surface area contributed by atoms with Crippen molar-refractivity contribution in [2.75, 3.05) is 0 Å². The second-order valence-electron chi connectivity index (χ2n) is 6.23. The molecule has 2 atom stereocenters. The van der Waals surface area contributed by atoms with Crippen LogP contribution in [-0.2, 0) is 9.53 Å². The molecule has 0 fully saturated rings. The number of benzene rings is 2. The normalized spacial score (nSPS) is 22.8. The summed E-state index contributed by atoms with van der Waals surface area (Å²) in [4.78, 5) is 37.1. The second kappa shape index (κ2) is 5.26. The van der Waals surface area contributed by atoms with Gasteiger partial charge in [-0.25, -0.2) is 4.79 Å². The highest BCUT2D eigenvalue weighted by atomic mass is 16.5. The van der Waals surface area contributed by atoms with E-state index in [1.54, 1.807) is 37.3 Å². The maximum atomic E-state index is 13.0. The van der Waals surface area contributed by atoms with E-state index in [9.17, 15) is 24.6 Å². The Morgan fingerprint density at radius 2 is 1.92 bits per heavy atom. The van der Waals surface area contributed by atoms with E-state index in [0.717, 1.165) is 0 Å². The summed E-state index contributed by atoms with van der Waals surface area (Å²) in [6.07, 6.45) is -2.18. The number of ether oxygens (including phenoxy) is 1. The van der Waals surface area contributed by atoms with Crippen LogP contribution in [0.2, 0.25) is 0 Å². The monoisotopic (exact) mass is 338 g/mol. The third kappa shape index (κ3) is 2.11. The average molecular weight is 338 g/mol. The lowest BCUT2D eigenvalue weighted by Crippen LogP contribution is -2.40. The van der Waals surface area contributed by atoms with Gasteiger partial charge in [0.25, 0.3) is 0 Å². The molecule has 6 heteroatoms. The zero-order valence-electron chi connectivity index (χ0n) is 13.3. The summed E-state index contributed by atoms with van der Waals surface area (Å²) in [7, 11) is 0. The summed E-state index contributed by atoms with van der Waals surface area (Å²) in [6.45, 7) is 1.56. The molecular formula is C19H14O6. The molecule has 1 aliphatic heterocycles. The van der Waals surface area contributed by atoms with Gasteiger partial charge in [0.2, 0.25) is 0 Å². The molecule has 0 aromatic heterocycles. The van der Waals surface area contributed by atoms with E-state index < -0.39 is 29.7 Å².